The molecule has 0 spiro atoms. The van der Waals surface area contributed by atoms with Gasteiger partial charge in [-0.15, -0.1) is 0 Å². The van der Waals surface area contributed by atoms with E-state index >= 15 is 0 Å². The molecule has 1 aliphatic heterocycles. The molecule has 2 N–H and O–H groups in total. The van der Waals surface area contributed by atoms with Crippen LogP contribution in [0.25, 0.3) is 0 Å². The van der Waals surface area contributed by atoms with E-state index in [1.165, 1.54) is 22.9 Å². The average molecular weight is 517 g/mol. The predicted octanol–water partition coefficient (Wildman–Crippen LogP) is 3.67. The lowest BCUT2D eigenvalue weighted by molar-refractivity contribution is 0.0695. The Labute approximate surface area is 217 Å². The van der Waals surface area contributed by atoms with Crippen LogP contribution in [0.5, 0.6) is 11.6 Å². The summed E-state index contributed by atoms with van der Waals surface area (Å²) in [6.07, 6.45) is 4.29. The lowest BCUT2D eigenvalue weighted by Crippen LogP contribution is -2.42. The summed E-state index contributed by atoms with van der Waals surface area (Å²) in [5.74, 6) is -0.284. The van der Waals surface area contributed by atoms with Gasteiger partial charge in [0.25, 0.3) is 11.5 Å². The fourth-order valence-corrected chi connectivity index (χ4v) is 3.96. The maximum Gasteiger partial charge on any atom is 0.268 e. The van der Waals surface area contributed by atoms with Gasteiger partial charge in [0, 0.05) is 43.4 Å². The van der Waals surface area contributed by atoms with Crippen LogP contribution in [0.4, 0.5) is 16.0 Å². The molecule has 4 heterocycles. The summed E-state index contributed by atoms with van der Waals surface area (Å²) in [4.78, 5) is 38.8. The second kappa shape index (κ2) is 11.6. The van der Waals surface area contributed by atoms with E-state index in [0.29, 0.717) is 43.2 Å². The highest BCUT2D eigenvalue weighted by Crippen LogP contribution is 2.23. The first-order valence-electron chi connectivity index (χ1n) is 12.1. The molecule has 11 heteroatoms. The number of hydrogen-bond donors (Lipinski definition) is 2. The molecule has 0 radical (unpaired) electrons. The SMILES string of the molecule is O=C(NC1CCOCC1)c1cnc(Nc2ccc(Oc3cccc(F)n3)cc2)n(Cc2ccccn2)c1=O. The van der Waals surface area contributed by atoms with E-state index in [0.717, 1.165) is 0 Å². The lowest BCUT2D eigenvalue weighted by atomic mass is 10.1. The number of benzene rings is 1. The summed E-state index contributed by atoms with van der Waals surface area (Å²) < 4.78 is 25.6. The zero-order chi connectivity index (χ0) is 26.3. The van der Waals surface area contributed by atoms with Crippen LogP contribution in [0, 0.1) is 5.95 Å². The van der Waals surface area contributed by atoms with Crippen LogP contribution in [0.3, 0.4) is 0 Å². The monoisotopic (exact) mass is 516 g/mol. The van der Waals surface area contributed by atoms with Gasteiger partial charge in [-0.25, -0.2) is 4.98 Å². The third-order valence-corrected chi connectivity index (χ3v) is 5.92. The van der Waals surface area contributed by atoms with E-state index in [-0.39, 0.29) is 30.0 Å². The molecule has 0 unspecified atom stereocenters. The Morgan fingerprint density at radius 2 is 1.87 bits per heavy atom. The molecule has 1 aromatic carbocycles. The summed E-state index contributed by atoms with van der Waals surface area (Å²) >= 11 is 0. The minimum atomic E-state index is -0.636. The molecule has 1 amide bonds. The maximum atomic E-state index is 13.5. The van der Waals surface area contributed by atoms with Gasteiger partial charge in [0.1, 0.15) is 11.3 Å². The van der Waals surface area contributed by atoms with Gasteiger partial charge < -0.3 is 20.1 Å². The molecular formula is C27H25FN6O4. The van der Waals surface area contributed by atoms with E-state index in [2.05, 4.69) is 25.6 Å². The first-order chi connectivity index (χ1) is 18.5. The zero-order valence-corrected chi connectivity index (χ0v) is 20.3. The van der Waals surface area contributed by atoms with Crippen molar-refractivity contribution in [3.05, 3.63) is 101 Å². The number of carbonyl (C=O) groups is 1. The van der Waals surface area contributed by atoms with Crippen LogP contribution in [0.15, 0.2) is 77.9 Å². The first kappa shape index (κ1) is 25.0. The van der Waals surface area contributed by atoms with Crippen molar-refractivity contribution in [3.8, 4) is 11.6 Å². The molecule has 0 atom stereocenters. The Hall–Kier alpha value is -4.64. The summed E-state index contributed by atoms with van der Waals surface area (Å²) in [6.45, 7) is 1.25. The molecule has 1 aliphatic rings. The lowest BCUT2D eigenvalue weighted by Gasteiger charge is -2.23. The molecule has 4 aromatic rings. The molecule has 0 saturated carbocycles. The Bertz CT molecular complexity index is 1460. The van der Waals surface area contributed by atoms with Gasteiger partial charge in [-0.1, -0.05) is 12.1 Å². The van der Waals surface area contributed by atoms with Crippen molar-refractivity contribution >= 4 is 17.5 Å². The van der Waals surface area contributed by atoms with Crippen molar-refractivity contribution in [2.24, 2.45) is 0 Å². The Morgan fingerprint density at radius 1 is 1.05 bits per heavy atom. The number of carbonyl (C=O) groups excluding carboxylic acids is 1. The molecule has 0 bridgehead atoms. The van der Waals surface area contributed by atoms with Gasteiger partial charge in [-0.2, -0.15) is 9.37 Å². The minimum absolute atomic E-state index is 0.0516. The zero-order valence-electron chi connectivity index (χ0n) is 20.3. The molecule has 1 fully saturated rings. The van der Waals surface area contributed by atoms with E-state index in [1.807, 2.05) is 6.07 Å². The van der Waals surface area contributed by atoms with Gasteiger partial charge in [0.15, 0.2) is 0 Å². The third-order valence-electron chi connectivity index (χ3n) is 5.92. The topological polar surface area (TPSA) is 120 Å². The van der Waals surface area contributed by atoms with Crippen molar-refractivity contribution in [1.29, 1.82) is 0 Å². The predicted molar refractivity (Wildman–Crippen MR) is 137 cm³/mol. The van der Waals surface area contributed by atoms with Crippen LogP contribution in [0.1, 0.15) is 28.9 Å². The molecule has 10 nitrogen and oxygen atoms in total. The van der Waals surface area contributed by atoms with Gasteiger partial charge in [-0.3, -0.25) is 19.1 Å². The summed E-state index contributed by atoms with van der Waals surface area (Å²) in [5, 5.41) is 6.04. The number of ether oxygens (including phenoxy) is 2. The molecule has 194 valence electrons. The number of aromatic nitrogens is 4. The number of anilines is 2. The van der Waals surface area contributed by atoms with E-state index < -0.39 is 17.4 Å². The van der Waals surface area contributed by atoms with Crippen molar-refractivity contribution in [2.75, 3.05) is 18.5 Å². The standard InChI is InChI=1S/C27H25FN6O4/c28-23-5-3-6-24(33-23)38-21-9-7-18(8-10-21)32-27-30-16-22(25(35)31-19-11-14-37-15-12-19)26(36)34(27)17-20-4-1-2-13-29-20/h1-10,13,16,19H,11-12,14-15,17H2,(H,30,32)(H,31,35). The highest BCUT2D eigenvalue weighted by molar-refractivity contribution is 5.93. The molecular weight excluding hydrogens is 491 g/mol. The highest BCUT2D eigenvalue weighted by atomic mass is 19.1. The summed E-state index contributed by atoms with van der Waals surface area (Å²) in [7, 11) is 0. The fraction of sp³-hybridized carbons (Fsp3) is 0.222. The van der Waals surface area contributed by atoms with Crippen LogP contribution in [-0.4, -0.2) is 44.7 Å². The van der Waals surface area contributed by atoms with Crippen molar-refractivity contribution in [2.45, 2.75) is 25.4 Å². The third kappa shape index (κ3) is 6.19. The summed E-state index contributed by atoms with van der Waals surface area (Å²) in [5.41, 5.74) is 0.706. The van der Waals surface area contributed by atoms with E-state index in [9.17, 15) is 14.0 Å². The molecule has 0 aliphatic carbocycles. The molecule has 1 saturated heterocycles. The largest absolute Gasteiger partial charge is 0.439 e. The normalized spacial score (nSPS) is 13.6. The number of nitrogens with zero attached hydrogens (tertiary/aromatic N) is 4. The van der Waals surface area contributed by atoms with Gasteiger partial charge in [-0.05, 0) is 55.3 Å². The number of amides is 1. The van der Waals surface area contributed by atoms with Crippen LogP contribution < -0.4 is 20.9 Å². The first-order valence-corrected chi connectivity index (χ1v) is 12.1. The van der Waals surface area contributed by atoms with Crippen molar-refractivity contribution in [1.82, 2.24) is 24.8 Å². The number of hydrogen-bond acceptors (Lipinski definition) is 8. The Morgan fingerprint density at radius 3 is 2.61 bits per heavy atom. The quantitative estimate of drug-likeness (QED) is 0.341. The van der Waals surface area contributed by atoms with E-state index in [4.69, 9.17) is 9.47 Å². The molecule has 3 aromatic heterocycles. The van der Waals surface area contributed by atoms with Crippen LogP contribution >= 0.6 is 0 Å². The van der Waals surface area contributed by atoms with Gasteiger partial charge in [0.05, 0.1) is 12.2 Å². The van der Waals surface area contributed by atoms with Gasteiger partial charge >= 0.3 is 0 Å². The summed E-state index contributed by atoms with van der Waals surface area (Å²) in [6, 6.07) is 16.4. The average Bonchev–Trinajstić information content (AvgIpc) is 2.93. The Kier molecular flexibility index (Phi) is 7.65. The Balaban J connectivity index is 1.38. The van der Waals surface area contributed by atoms with E-state index in [1.54, 1.807) is 48.7 Å². The smallest absolute Gasteiger partial charge is 0.268 e. The number of pyridine rings is 2. The minimum Gasteiger partial charge on any atom is -0.439 e. The second-order valence-electron chi connectivity index (χ2n) is 8.62. The molecule has 38 heavy (non-hydrogen) atoms. The fourth-order valence-electron chi connectivity index (χ4n) is 3.96. The van der Waals surface area contributed by atoms with Crippen molar-refractivity contribution in [3.63, 3.8) is 0 Å². The number of rotatable bonds is 8. The van der Waals surface area contributed by atoms with Crippen LogP contribution in [0.2, 0.25) is 0 Å². The van der Waals surface area contributed by atoms with Crippen molar-refractivity contribution < 1.29 is 18.7 Å². The van der Waals surface area contributed by atoms with Crippen LogP contribution in [-0.2, 0) is 11.3 Å². The number of halogens is 1. The molecule has 5 rings (SSSR count). The van der Waals surface area contributed by atoms with Gasteiger partial charge in [0.2, 0.25) is 17.8 Å². The second-order valence-corrected chi connectivity index (χ2v) is 8.62. The number of nitrogens with one attached hydrogen (secondary N) is 2. The highest BCUT2D eigenvalue weighted by Gasteiger charge is 2.21. The maximum absolute atomic E-state index is 13.5.